The molecule has 0 heterocycles. The summed E-state index contributed by atoms with van der Waals surface area (Å²) in [6.07, 6.45) is 3.60. The number of aliphatic hydroxyl groups is 1. The third kappa shape index (κ3) is 5.36. The number of amides is 1. The summed E-state index contributed by atoms with van der Waals surface area (Å²) in [7, 11) is 0. The van der Waals surface area contributed by atoms with Gasteiger partial charge >= 0.3 is 0 Å². The van der Waals surface area contributed by atoms with Gasteiger partial charge in [-0.3, -0.25) is 4.79 Å². The first kappa shape index (κ1) is 14.9. The summed E-state index contributed by atoms with van der Waals surface area (Å²) >= 11 is 0. The van der Waals surface area contributed by atoms with Crippen molar-refractivity contribution in [1.29, 1.82) is 5.26 Å². The number of hydrogen-bond donors (Lipinski definition) is 2. The maximum atomic E-state index is 11.6. The molecule has 1 amide bonds. The molecule has 1 atom stereocenters. The molecule has 19 heavy (non-hydrogen) atoms. The topological polar surface area (TPSA) is 73.1 Å². The second-order valence-electron chi connectivity index (χ2n) is 4.64. The van der Waals surface area contributed by atoms with Gasteiger partial charge in [-0.15, -0.1) is 0 Å². The molecule has 0 fully saturated rings. The van der Waals surface area contributed by atoms with E-state index >= 15 is 0 Å². The van der Waals surface area contributed by atoms with Crippen LogP contribution in [0.1, 0.15) is 31.4 Å². The number of nitrogens with one attached hydrogen (secondary N) is 1. The number of hydrogen-bond acceptors (Lipinski definition) is 3. The highest BCUT2D eigenvalue weighted by Gasteiger charge is 2.17. The van der Waals surface area contributed by atoms with Crippen LogP contribution in [0.2, 0.25) is 0 Å². The SMILES string of the molecule is CCC(C)(O)CNC(=O)C=Cc1cccc(C#N)c1. The van der Waals surface area contributed by atoms with Crippen LogP contribution in [0.3, 0.4) is 0 Å². The predicted octanol–water partition coefficient (Wildman–Crippen LogP) is 1.85. The van der Waals surface area contributed by atoms with Gasteiger partial charge in [-0.05, 0) is 37.1 Å². The van der Waals surface area contributed by atoms with E-state index in [1.54, 1.807) is 31.2 Å². The first-order valence-electron chi connectivity index (χ1n) is 6.15. The number of nitriles is 1. The standard InChI is InChI=1S/C15H18N2O2/c1-3-15(2,19)11-17-14(18)8-7-12-5-4-6-13(9-12)10-16/h4-9,19H,3,11H2,1-2H3,(H,17,18). The zero-order valence-corrected chi connectivity index (χ0v) is 11.2. The molecular weight excluding hydrogens is 240 g/mol. The van der Waals surface area contributed by atoms with Gasteiger partial charge in [-0.2, -0.15) is 5.26 Å². The zero-order valence-electron chi connectivity index (χ0n) is 11.2. The van der Waals surface area contributed by atoms with Crippen molar-refractivity contribution in [3.63, 3.8) is 0 Å². The van der Waals surface area contributed by atoms with Crippen LogP contribution in [0, 0.1) is 11.3 Å². The first-order chi connectivity index (χ1) is 8.96. The van der Waals surface area contributed by atoms with Crippen LogP contribution in [-0.4, -0.2) is 23.2 Å². The summed E-state index contributed by atoms with van der Waals surface area (Å²) in [6.45, 7) is 3.74. The van der Waals surface area contributed by atoms with Crippen molar-refractivity contribution in [2.45, 2.75) is 25.9 Å². The van der Waals surface area contributed by atoms with Crippen molar-refractivity contribution >= 4 is 12.0 Å². The fourth-order valence-electron chi connectivity index (χ4n) is 1.35. The molecule has 1 unspecified atom stereocenters. The van der Waals surface area contributed by atoms with Crippen molar-refractivity contribution < 1.29 is 9.90 Å². The molecule has 1 aromatic carbocycles. The normalized spacial score (nSPS) is 13.8. The summed E-state index contributed by atoms with van der Waals surface area (Å²) in [5.41, 5.74) is 0.456. The second kappa shape index (κ2) is 6.72. The molecule has 0 saturated carbocycles. The van der Waals surface area contributed by atoms with E-state index in [1.807, 2.05) is 19.1 Å². The summed E-state index contributed by atoms with van der Waals surface area (Å²) in [5.74, 6) is -0.268. The minimum Gasteiger partial charge on any atom is -0.388 e. The van der Waals surface area contributed by atoms with Crippen molar-refractivity contribution in [3.05, 3.63) is 41.5 Å². The molecule has 4 nitrogen and oxygen atoms in total. The summed E-state index contributed by atoms with van der Waals surface area (Å²) in [5, 5.41) is 21.1. The van der Waals surface area contributed by atoms with Gasteiger partial charge in [-0.25, -0.2) is 0 Å². The fraction of sp³-hybridized carbons (Fsp3) is 0.333. The Morgan fingerprint density at radius 2 is 2.32 bits per heavy atom. The van der Waals surface area contributed by atoms with Gasteiger partial charge in [0.05, 0.1) is 17.2 Å². The third-order valence-electron chi connectivity index (χ3n) is 2.85. The molecule has 2 N–H and O–H groups in total. The average molecular weight is 258 g/mol. The summed E-state index contributed by atoms with van der Waals surface area (Å²) < 4.78 is 0. The molecule has 0 aliphatic rings. The molecular formula is C15H18N2O2. The van der Waals surface area contributed by atoms with Crippen molar-refractivity contribution in [2.24, 2.45) is 0 Å². The largest absolute Gasteiger partial charge is 0.388 e. The third-order valence-corrected chi connectivity index (χ3v) is 2.85. The van der Waals surface area contributed by atoms with Gasteiger partial charge < -0.3 is 10.4 Å². The molecule has 0 spiro atoms. The lowest BCUT2D eigenvalue weighted by molar-refractivity contribution is -0.117. The van der Waals surface area contributed by atoms with Gasteiger partial charge in [0.25, 0.3) is 0 Å². The van der Waals surface area contributed by atoms with Crippen molar-refractivity contribution in [2.75, 3.05) is 6.54 Å². The quantitative estimate of drug-likeness (QED) is 0.792. The highest BCUT2D eigenvalue weighted by atomic mass is 16.3. The number of rotatable bonds is 5. The minimum atomic E-state index is -0.885. The van der Waals surface area contributed by atoms with E-state index in [1.165, 1.54) is 6.08 Å². The lowest BCUT2D eigenvalue weighted by Crippen LogP contribution is -2.39. The molecule has 0 saturated heterocycles. The van der Waals surface area contributed by atoms with Gasteiger partial charge in [0.1, 0.15) is 0 Å². The van der Waals surface area contributed by atoms with Crippen molar-refractivity contribution in [1.82, 2.24) is 5.32 Å². The minimum absolute atomic E-state index is 0.213. The Hall–Kier alpha value is -2.12. The van der Waals surface area contributed by atoms with Gasteiger partial charge in [0.2, 0.25) is 5.91 Å². The maximum absolute atomic E-state index is 11.6. The summed E-state index contributed by atoms with van der Waals surface area (Å²) in [4.78, 5) is 11.6. The molecule has 1 aromatic rings. The molecule has 1 rings (SSSR count). The zero-order chi connectivity index (χ0) is 14.3. The number of carbonyl (C=O) groups is 1. The lowest BCUT2D eigenvalue weighted by atomic mass is 10.0. The highest BCUT2D eigenvalue weighted by molar-refractivity contribution is 5.91. The maximum Gasteiger partial charge on any atom is 0.244 e. The van der Waals surface area contributed by atoms with Gasteiger partial charge in [-0.1, -0.05) is 19.1 Å². The summed E-state index contributed by atoms with van der Waals surface area (Å²) in [6, 6.07) is 9.02. The van der Waals surface area contributed by atoms with E-state index in [2.05, 4.69) is 5.32 Å². The second-order valence-corrected chi connectivity index (χ2v) is 4.64. The number of benzene rings is 1. The Kier molecular flexibility index (Phi) is 5.28. The smallest absolute Gasteiger partial charge is 0.244 e. The van der Waals surface area contributed by atoms with Crippen LogP contribution in [0.5, 0.6) is 0 Å². The van der Waals surface area contributed by atoms with Crippen LogP contribution in [0.15, 0.2) is 30.3 Å². The molecule has 0 aliphatic carbocycles. The fourth-order valence-corrected chi connectivity index (χ4v) is 1.35. The number of carbonyl (C=O) groups excluding carboxylic acids is 1. The molecule has 0 aliphatic heterocycles. The molecule has 0 bridgehead atoms. The van der Waals surface area contributed by atoms with E-state index in [-0.39, 0.29) is 12.5 Å². The van der Waals surface area contributed by atoms with Crippen LogP contribution in [0.4, 0.5) is 0 Å². The Morgan fingerprint density at radius 1 is 1.58 bits per heavy atom. The van der Waals surface area contributed by atoms with Crippen molar-refractivity contribution in [3.8, 4) is 6.07 Å². The first-order valence-corrected chi connectivity index (χ1v) is 6.15. The van der Waals surface area contributed by atoms with Gasteiger partial charge in [0, 0.05) is 12.6 Å². The van der Waals surface area contributed by atoms with Crippen LogP contribution in [-0.2, 0) is 4.79 Å². The average Bonchev–Trinajstić information content (AvgIpc) is 2.43. The Labute approximate surface area is 113 Å². The van der Waals surface area contributed by atoms with E-state index in [0.717, 1.165) is 5.56 Å². The predicted molar refractivity (Wildman–Crippen MR) is 74.1 cm³/mol. The Balaban J connectivity index is 2.57. The van der Waals surface area contributed by atoms with Crippen LogP contribution in [0.25, 0.3) is 6.08 Å². The highest BCUT2D eigenvalue weighted by Crippen LogP contribution is 2.07. The monoisotopic (exact) mass is 258 g/mol. The van der Waals surface area contributed by atoms with Gasteiger partial charge in [0.15, 0.2) is 0 Å². The van der Waals surface area contributed by atoms with E-state index in [4.69, 9.17) is 5.26 Å². The van der Waals surface area contributed by atoms with E-state index in [9.17, 15) is 9.90 Å². The molecule has 4 heteroatoms. The van der Waals surface area contributed by atoms with Crippen LogP contribution >= 0.6 is 0 Å². The Bertz CT molecular complexity index is 513. The van der Waals surface area contributed by atoms with Crippen LogP contribution < -0.4 is 5.32 Å². The molecule has 100 valence electrons. The molecule has 0 aromatic heterocycles. The van der Waals surface area contributed by atoms with E-state index < -0.39 is 5.60 Å². The lowest BCUT2D eigenvalue weighted by Gasteiger charge is -2.20. The Morgan fingerprint density at radius 3 is 2.95 bits per heavy atom. The number of nitrogens with zero attached hydrogens (tertiary/aromatic N) is 1. The molecule has 0 radical (unpaired) electrons. The van der Waals surface area contributed by atoms with E-state index in [0.29, 0.717) is 12.0 Å².